The summed E-state index contributed by atoms with van der Waals surface area (Å²) in [7, 11) is 0. The van der Waals surface area contributed by atoms with Crippen molar-refractivity contribution in [1.29, 1.82) is 0 Å². The van der Waals surface area contributed by atoms with Gasteiger partial charge in [0, 0.05) is 24.4 Å². The highest BCUT2D eigenvalue weighted by Gasteiger charge is 2.32. The molecule has 5 nitrogen and oxygen atoms in total. The SMILES string of the molecule is CC(=O)Nc1cccc(-c2ccc(Nc3ccccc3OC(F)(F)F)nc2)c1. The Morgan fingerprint density at radius 1 is 1.00 bits per heavy atom. The maximum absolute atomic E-state index is 12.5. The van der Waals surface area contributed by atoms with Crippen LogP contribution in [-0.4, -0.2) is 17.3 Å². The third kappa shape index (κ3) is 5.23. The predicted octanol–water partition coefficient (Wildman–Crippen LogP) is 5.35. The Hall–Kier alpha value is -3.55. The first-order valence-corrected chi connectivity index (χ1v) is 8.26. The molecule has 1 heterocycles. The number of nitrogens with one attached hydrogen (secondary N) is 2. The second kappa shape index (κ2) is 7.99. The summed E-state index contributed by atoms with van der Waals surface area (Å²) in [6.45, 7) is 1.43. The molecule has 0 unspecified atom stereocenters. The van der Waals surface area contributed by atoms with E-state index in [1.807, 2.05) is 6.07 Å². The van der Waals surface area contributed by atoms with Crippen LogP contribution in [0.25, 0.3) is 11.1 Å². The normalized spacial score (nSPS) is 11.0. The molecule has 0 spiro atoms. The molecule has 0 aliphatic heterocycles. The molecule has 28 heavy (non-hydrogen) atoms. The molecule has 1 aromatic heterocycles. The summed E-state index contributed by atoms with van der Waals surface area (Å²) in [5.41, 5.74) is 2.43. The van der Waals surface area contributed by atoms with Crippen molar-refractivity contribution in [3.63, 3.8) is 0 Å². The van der Waals surface area contributed by atoms with Crippen molar-refractivity contribution in [2.45, 2.75) is 13.3 Å². The molecule has 2 N–H and O–H groups in total. The molecule has 0 saturated carbocycles. The number of para-hydroxylation sites is 2. The van der Waals surface area contributed by atoms with Crippen LogP contribution >= 0.6 is 0 Å². The number of carbonyl (C=O) groups excluding carboxylic acids is 1. The molecule has 0 radical (unpaired) electrons. The lowest BCUT2D eigenvalue weighted by molar-refractivity contribution is -0.274. The summed E-state index contributed by atoms with van der Waals surface area (Å²) in [6.07, 6.45) is -3.20. The maximum atomic E-state index is 12.5. The van der Waals surface area contributed by atoms with Gasteiger partial charge >= 0.3 is 6.36 Å². The lowest BCUT2D eigenvalue weighted by atomic mass is 10.1. The molecule has 3 rings (SSSR count). The summed E-state index contributed by atoms with van der Waals surface area (Å²) in [6, 6.07) is 16.4. The number of pyridine rings is 1. The van der Waals surface area contributed by atoms with E-state index in [-0.39, 0.29) is 17.3 Å². The summed E-state index contributed by atoms with van der Waals surface area (Å²) in [5.74, 6) is -0.154. The van der Waals surface area contributed by atoms with E-state index in [1.54, 1.807) is 42.6 Å². The molecule has 0 bridgehead atoms. The van der Waals surface area contributed by atoms with E-state index in [0.29, 0.717) is 11.5 Å². The van der Waals surface area contributed by atoms with Gasteiger partial charge in [-0.25, -0.2) is 4.98 Å². The Morgan fingerprint density at radius 3 is 2.46 bits per heavy atom. The standard InChI is InChI=1S/C20H16F3N3O2/c1-13(27)25-16-6-4-5-14(11-16)15-9-10-19(24-12-15)26-17-7-2-3-8-18(17)28-20(21,22)23/h2-12H,1H3,(H,24,26)(H,25,27). The van der Waals surface area contributed by atoms with Gasteiger partial charge in [-0.1, -0.05) is 24.3 Å². The van der Waals surface area contributed by atoms with E-state index in [9.17, 15) is 18.0 Å². The van der Waals surface area contributed by atoms with Crippen molar-refractivity contribution in [1.82, 2.24) is 4.98 Å². The first-order chi connectivity index (χ1) is 13.3. The van der Waals surface area contributed by atoms with Crippen LogP contribution in [0.4, 0.5) is 30.4 Å². The highest BCUT2D eigenvalue weighted by atomic mass is 19.4. The van der Waals surface area contributed by atoms with Crippen molar-refractivity contribution >= 4 is 23.1 Å². The van der Waals surface area contributed by atoms with Crippen LogP contribution in [0.5, 0.6) is 5.75 Å². The highest BCUT2D eigenvalue weighted by Crippen LogP contribution is 2.32. The van der Waals surface area contributed by atoms with Crippen molar-refractivity contribution in [2.24, 2.45) is 0 Å². The number of carbonyl (C=O) groups is 1. The van der Waals surface area contributed by atoms with Gasteiger partial charge in [-0.2, -0.15) is 0 Å². The molecular weight excluding hydrogens is 371 g/mol. The van der Waals surface area contributed by atoms with Crippen molar-refractivity contribution in [2.75, 3.05) is 10.6 Å². The van der Waals surface area contributed by atoms with Crippen molar-refractivity contribution < 1.29 is 22.7 Å². The summed E-state index contributed by atoms with van der Waals surface area (Å²) < 4.78 is 41.6. The van der Waals surface area contributed by atoms with Crippen LogP contribution in [0.15, 0.2) is 66.9 Å². The number of aromatic nitrogens is 1. The monoisotopic (exact) mass is 387 g/mol. The minimum atomic E-state index is -4.78. The number of hydrogen-bond donors (Lipinski definition) is 2. The fraction of sp³-hybridized carbons (Fsp3) is 0.100. The van der Waals surface area contributed by atoms with Crippen LogP contribution in [0.1, 0.15) is 6.92 Å². The first-order valence-electron chi connectivity index (χ1n) is 8.26. The van der Waals surface area contributed by atoms with E-state index in [4.69, 9.17) is 0 Å². The molecule has 0 saturated heterocycles. The summed E-state index contributed by atoms with van der Waals surface area (Å²) >= 11 is 0. The largest absolute Gasteiger partial charge is 0.573 e. The Labute approximate surface area is 159 Å². The molecule has 0 atom stereocenters. The number of alkyl halides is 3. The molecule has 0 aliphatic rings. The Morgan fingerprint density at radius 2 is 1.79 bits per heavy atom. The van der Waals surface area contributed by atoms with Gasteiger partial charge in [0.2, 0.25) is 5.91 Å². The van der Waals surface area contributed by atoms with Crippen molar-refractivity contribution in [3.05, 3.63) is 66.9 Å². The molecule has 3 aromatic rings. The number of benzene rings is 2. The first kappa shape index (κ1) is 19.2. The Balaban J connectivity index is 1.78. The Bertz CT molecular complexity index is 973. The van der Waals surface area contributed by atoms with Gasteiger partial charge in [-0.05, 0) is 42.0 Å². The van der Waals surface area contributed by atoms with E-state index in [1.165, 1.54) is 25.1 Å². The van der Waals surface area contributed by atoms with Gasteiger partial charge in [-0.15, -0.1) is 13.2 Å². The van der Waals surface area contributed by atoms with Gasteiger partial charge < -0.3 is 15.4 Å². The van der Waals surface area contributed by atoms with Crippen molar-refractivity contribution in [3.8, 4) is 16.9 Å². The topological polar surface area (TPSA) is 63.2 Å². The van der Waals surface area contributed by atoms with Gasteiger partial charge in [0.1, 0.15) is 5.82 Å². The second-order valence-corrected chi connectivity index (χ2v) is 5.86. The zero-order valence-electron chi connectivity index (χ0n) is 14.7. The van der Waals surface area contributed by atoms with E-state index in [2.05, 4.69) is 20.4 Å². The van der Waals surface area contributed by atoms with Crippen LogP contribution < -0.4 is 15.4 Å². The minimum Gasteiger partial charge on any atom is -0.404 e. The average Bonchev–Trinajstić information content (AvgIpc) is 2.62. The number of halogens is 3. The van der Waals surface area contributed by atoms with Crippen LogP contribution in [0, 0.1) is 0 Å². The van der Waals surface area contributed by atoms with Crippen LogP contribution in [0.3, 0.4) is 0 Å². The quantitative estimate of drug-likeness (QED) is 0.620. The van der Waals surface area contributed by atoms with E-state index < -0.39 is 6.36 Å². The molecule has 8 heteroatoms. The number of amides is 1. The molecule has 0 aliphatic carbocycles. The zero-order valence-corrected chi connectivity index (χ0v) is 14.7. The molecule has 0 fully saturated rings. The molecule has 144 valence electrons. The summed E-state index contributed by atoms with van der Waals surface area (Å²) in [4.78, 5) is 15.4. The summed E-state index contributed by atoms with van der Waals surface area (Å²) in [5, 5.41) is 5.52. The van der Waals surface area contributed by atoms with E-state index in [0.717, 1.165) is 11.1 Å². The minimum absolute atomic E-state index is 0.146. The van der Waals surface area contributed by atoms with Gasteiger partial charge in [0.25, 0.3) is 0 Å². The predicted molar refractivity (Wildman–Crippen MR) is 100 cm³/mol. The molecule has 1 amide bonds. The second-order valence-electron chi connectivity index (χ2n) is 5.86. The Kier molecular flexibility index (Phi) is 5.49. The van der Waals surface area contributed by atoms with Gasteiger partial charge in [0.15, 0.2) is 5.75 Å². The zero-order chi connectivity index (χ0) is 20.1. The fourth-order valence-electron chi connectivity index (χ4n) is 2.54. The maximum Gasteiger partial charge on any atom is 0.573 e. The lowest BCUT2D eigenvalue weighted by Gasteiger charge is -2.14. The number of hydrogen-bond acceptors (Lipinski definition) is 4. The molecular formula is C20H16F3N3O2. The number of ether oxygens (including phenoxy) is 1. The highest BCUT2D eigenvalue weighted by molar-refractivity contribution is 5.89. The van der Waals surface area contributed by atoms with Crippen LogP contribution in [0.2, 0.25) is 0 Å². The number of rotatable bonds is 5. The third-order valence-electron chi connectivity index (χ3n) is 3.66. The number of nitrogens with zero attached hydrogens (tertiary/aromatic N) is 1. The molecule has 2 aromatic carbocycles. The van der Waals surface area contributed by atoms with Gasteiger partial charge in [-0.3, -0.25) is 4.79 Å². The van der Waals surface area contributed by atoms with E-state index >= 15 is 0 Å². The lowest BCUT2D eigenvalue weighted by Crippen LogP contribution is -2.17. The van der Waals surface area contributed by atoms with Gasteiger partial charge in [0.05, 0.1) is 5.69 Å². The fourth-order valence-corrected chi connectivity index (χ4v) is 2.54. The average molecular weight is 387 g/mol. The number of anilines is 3. The smallest absolute Gasteiger partial charge is 0.404 e. The third-order valence-corrected chi connectivity index (χ3v) is 3.66. The van der Waals surface area contributed by atoms with Crippen LogP contribution in [-0.2, 0) is 4.79 Å².